The number of pyridine rings is 1. The van der Waals surface area contributed by atoms with Crippen LogP contribution in [0.2, 0.25) is 0 Å². The average Bonchev–Trinajstić information content (AvgIpc) is 2.18. The summed E-state index contributed by atoms with van der Waals surface area (Å²) >= 11 is 6.13. The summed E-state index contributed by atoms with van der Waals surface area (Å²) in [4.78, 5) is 14.4. The molecule has 0 spiro atoms. The third-order valence-electron chi connectivity index (χ3n) is 1.95. The van der Waals surface area contributed by atoms with Crippen LogP contribution in [0.1, 0.15) is 23.1 Å². The molecule has 0 aliphatic carbocycles. The van der Waals surface area contributed by atoms with E-state index in [4.69, 9.17) is 5.11 Å². The van der Waals surface area contributed by atoms with Gasteiger partial charge in [-0.3, -0.25) is 4.79 Å². The number of aliphatic carboxylic acids is 1. The first kappa shape index (κ1) is 13.5. The minimum atomic E-state index is -2.72. The number of nitrogens with zero attached hydrogens (tertiary/aromatic N) is 1. The Morgan fingerprint density at radius 2 is 2.19 bits per heavy atom. The zero-order chi connectivity index (χ0) is 12.3. The minimum Gasteiger partial charge on any atom is -0.481 e. The van der Waals surface area contributed by atoms with Crippen LogP contribution in [0.25, 0.3) is 0 Å². The molecule has 1 heterocycles. The summed E-state index contributed by atoms with van der Waals surface area (Å²) in [5.74, 6) is -1.16. The van der Waals surface area contributed by atoms with E-state index in [1.165, 1.54) is 0 Å². The van der Waals surface area contributed by atoms with Crippen molar-refractivity contribution in [2.45, 2.75) is 18.2 Å². The maximum Gasteiger partial charge on any atom is 0.307 e. The van der Waals surface area contributed by atoms with Gasteiger partial charge in [-0.05, 0) is 21.5 Å². The molecule has 16 heavy (non-hydrogen) atoms. The van der Waals surface area contributed by atoms with Crippen molar-refractivity contribution in [3.63, 3.8) is 0 Å². The van der Waals surface area contributed by atoms with Gasteiger partial charge in [-0.15, -0.1) is 0 Å². The third-order valence-corrected chi connectivity index (χ3v) is 3.19. The van der Waals surface area contributed by atoms with Gasteiger partial charge in [0.1, 0.15) is 4.60 Å². The van der Waals surface area contributed by atoms with E-state index in [-0.39, 0.29) is 22.0 Å². The Hall–Kier alpha value is -0.560. The van der Waals surface area contributed by atoms with Gasteiger partial charge < -0.3 is 5.11 Å². The first-order valence-electron chi connectivity index (χ1n) is 4.19. The second-order valence-corrected chi connectivity index (χ2v) is 4.28. The minimum absolute atomic E-state index is 0.0418. The highest BCUT2D eigenvalue weighted by atomic mass is 79.9. The molecule has 0 atom stereocenters. The summed E-state index contributed by atoms with van der Waals surface area (Å²) in [6, 6.07) is 0. The summed E-state index contributed by atoms with van der Waals surface area (Å²) in [6.45, 7) is 0. The van der Waals surface area contributed by atoms with Crippen LogP contribution in [-0.2, 0) is 16.5 Å². The molecular weight excluding hydrogens is 352 g/mol. The number of carbonyl (C=O) groups is 1. The molecule has 0 aliphatic heterocycles. The molecule has 0 bridgehead atoms. The van der Waals surface area contributed by atoms with Gasteiger partial charge in [-0.25, -0.2) is 13.8 Å². The van der Waals surface area contributed by atoms with E-state index in [2.05, 4.69) is 36.8 Å². The number of aromatic nitrogens is 1. The standard InChI is InChI=1S/C9H7Br2F2NO2/c10-2-5-7(9(12)13)4(1-6(15)16)3-14-8(5)11/h3,9H,1-2H2,(H,15,16). The largest absolute Gasteiger partial charge is 0.481 e. The van der Waals surface area contributed by atoms with Crippen molar-refractivity contribution in [3.05, 3.63) is 27.5 Å². The predicted octanol–water partition coefficient (Wildman–Crippen LogP) is 3.30. The number of hydrogen-bond acceptors (Lipinski definition) is 2. The average molecular weight is 359 g/mol. The second-order valence-electron chi connectivity index (χ2n) is 2.97. The topological polar surface area (TPSA) is 50.2 Å². The van der Waals surface area contributed by atoms with Crippen molar-refractivity contribution in [2.24, 2.45) is 0 Å². The lowest BCUT2D eigenvalue weighted by atomic mass is 10.0. The molecule has 3 nitrogen and oxygen atoms in total. The van der Waals surface area contributed by atoms with Gasteiger partial charge in [0.2, 0.25) is 0 Å². The lowest BCUT2D eigenvalue weighted by molar-refractivity contribution is -0.136. The van der Waals surface area contributed by atoms with Gasteiger partial charge in [0.05, 0.1) is 6.42 Å². The molecule has 0 saturated heterocycles. The highest BCUT2D eigenvalue weighted by Gasteiger charge is 2.21. The Morgan fingerprint density at radius 3 is 2.62 bits per heavy atom. The second kappa shape index (κ2) is 5.67. The van der Waals surface area contributed by atoms with E-state index in [0.29, 0.717) is 4.60 Å². The van der Waals surface area contributed by atoms with E-state index in [9.17, 15) is 13.6 Å². The number of hydrogen-bond donors (Lipinski definition) is 1. The van der Waals surface area contributed by atoms with Gasteiger partial charge in [-0.1, -0.05) is 15.9 Å². The predicted molar refractivity (Wildman–Crippen MR) is 60.9 cm³/mol. The van der Waals surface area contributed by atoms with Gasteiger partial charge in [0, 0.05) is 22.7 Å². The monoisotopic (exact) mass is 357 g/mol. The Bertz CT molecular complexity index is 413. The quantitative estimate of drug-likeness (QED) is 0.663. The molecule has 1 N–H and O–H groups in total. The van der Waals surface area contributed by atoms with Crippen molar-refractivity contribution < 1.29 is 18.7 Å². The molecule has 0 amide bonds. The highest BCUT2D eigenvalue weighted by Crippen LogP contribution is 2.32. The molecule has 1 aromatic heterocycles. The van der Waals surface area contributed by atoms with Crippen molar-refractivity contribution in [1.82, 2.24) is 4.98 Å². The van der Waals surface area contributed by atoms with E-state index in [1.807, 2.05) is 0 Å². The zero-order valence-electron chi connectivity index (χ0n) is 7.88. The first-order valence-corrected chi connectivity index (χ1v) is 6.10. The van der Waals surface area contributed by atoms with Crippen LogP contribution in [0.5, 0.6) is 0 Å². The first-order chi connectivity index (χ1) is 7.47. The number of halogens is 4. The smallest absolute Gasteiger partial charge is 0.307 e. The Kier molecular flexibility index (Phi) is 4.79. The maximum atomic E-state index is 12.8. The molecule has 0 aliphatic rings. The van der Waals surface area contributed by atoms with Crippen LogP contribution in [0.15, 0.2) is 10.8 Å². The fourth-order valence-corrected chi connectivity index (χ4v) is 2.69. The Balaban J connectivity index is 3.32. The van der Waals surface area contributed by atoms with Crippen molar-refractivity contribution in [3.8, 4) is 0 Å². The normalized spacial score (nSPS) is 10.8. The summed E-state index contributed by atoms with van der Waals surface area (Å²) in [5.41, 5.74) is 0.0649. The molecule has 0 fully saturated rings. The van der Waals surface area contributed by atoms with Crippen LogP contribution in [0.3, 0.4) is 0 Å². The zero-order valence-corrected chi connectivity index (χ0v) is 11.1. The van der Waals surface area contributed by atoms with Crippen LogP contribution in [-0.4, -0.2) is 16.1 Å². The maximum absolute atomic E-state index is 12.8. The van der Waals surface area contributed by atoms with E-state index >= 15 is 0 Å². The van der Waals surface area contributed by atoms with Crippen LogP contribution in [0, 0.1) is 0 Å². The Labute approximate surface area is 107 Å². The SMILES string of the molecule is O=C(O)Cc1cnc(Br)c(CBr)c1C(F)F. The summed E-state index contributed by atoms with van der Waals surface area (Å²) < 4.78 is 26.0. The summed E-state index contributed by atoms with van der Waals surface area (Å²) in [5, 5.41) is 8.80. The number of carboxylic acid groups (broad SMARTS) is 1. The number of alkyl halides is 3. The van der Waals surface area contributed by atoms with Crippen molar-refractivity contribution in [2.75, 3.05) is 0 Å². The molecular formula is C9H7Br2F2NO2. The number of rotatable bonds is 4. The molecule has 1 aromatic rings. The van der Waals surface area contributed by atoms with Gasteiger partial charge >= 0.3 is 5.97 Å². The summed E-state index contributed by atoms with van der Waals surface area (Å²) in [7, 11) is 0. The van der Waals surface area contributed by atoms with E-state index in [0.717, 1.165) is 6.20 Å². The lowest BCUT2D eigenvalue weighted by Gasteiger charge is -2.12. The molecule has 0 unspecified atom stereocenters. The molecule has 1 rings (SSSR count). The van der Waals surface area contributed by atoms with Crippen LogP contribution < -0.4 is 0 Å². The molecule has 7 heteroatoms. The van der Waals surface area contributed by atoms with Crippen molar-refractivity contribution >= 4 is 37.8 Å². The molecule has 0 aromatic carbocycles. The number of carboxylic acids is 1. The van der Waals surface area contributed by atoms with Crippen LogP contribution >= 0.6 is 31.9 Å². The summed E-state index contributed by atoms with van der Waals surface area (Å²) in [6.07, 6.45) is -2.02. The fraction of sp³-hybridized carbons (Fsp3) is 0.333. The van der Waals surface area contributed by atoms with E-state index < -0.39 is 18.8 Å². The van der Waals surface area contributed by atoms with Crippen molar-refractivity contribution in [1.29, 1.82) is 0 Å². The molecule has 0 radical (unpaired) electrons. The third kappa shape index (κ3) is 2.98. The van der Waals surface area contributed by atoms with Gasteiger partial charge in [0.25, 0.3) is 6.43 Å². The fourth-order valence-electron chi connectivity index (χ4n) is 1.29. The van der Waals surface area contributed by atoms with Gasteiger partial charge in [0.15, 0.2) is 0 Å². The Morgan fingerprint density at radius 1 is 1.56 bits per heavy atom. The van der Waals surface area contributed by atoms with Gasteiger partial charge in [-0.2, -0.15) is 0 Å². The molecule has 0 saturated carbocycles. The van der Waals surface area contributed by atoms with Crippen LogP contribution in [0.4, 0.5) is 8.78 Å². The highest BCUT2D eigenvalue weighted by molar-refractivity contribution is 9.10. The lowest BCUT2D eigenvalue weighted by Crippen LogP contribution is -2.08. The van der Waals surface area contributed by atoms with E-state index in [1.54, 1.807) is 0 Å². The molecule has 88 valence electrons.